The lowest BCUT2D eigenvalue weighted by molar-refractivity contribution is -0.122. The van der Waals surface area contributed by atoms with Crippen LogP contribution in [-0.2, 0) is 4.79 Å². The van der Waals surface area contributed by atoms with Crippen LogP contribution >= 0.6 is 0 Å². The van der Waals surface area contributed by atoms with Crippen molar-refractivity contribution in [1.29, 1.82) is 5.26 Å². The number of rotatable bonds is 8. The highest BCUT2D eigenvalue weighted by Gasteiger charge is 2.18. The Morgan fingerprint density at radius 1 is 1.17 bits per heavy atom. The minimum Gasteiger partial charge on any atom is -0.459 e. The normalized spacial score (nSPS) is 15.6. The molecule has 2 N–H and O–H groups in total. The molecule has 0 aromatic carbocycles. The molecule has 24 heavy (non-hydrogen) atoms. The predicted octanol–water partition coefficient (Wildman–Crippen LogP) is -0.343. The van der Waals surface area contributed by atoms with Gasteiger partial charge in [0, 0.05) is 45.8 Å². The Labute approximate surface area is 141 Å². The molecule has 0 atom stereocenters. The number of hydrogen-bond acceptors (Lipinski definition) is 6. The Hall–Kier alpha value is -2.37. The van der Waals surface area contributed by atoms with Crippen LogP contribution < -0.4 is 10.6 Å². The van der Waals surface area contributed by atoms with E-state index in [0.717, 1.165) is 32.7 Å². The van der Waals surface area contributed by atoms with E-state index in [9.17, 15) is 9.59 Å². The zero-order valence-corrected chi connectivity index (χ0v) is 13.7. The number of carbonyl (C=O) groups excluding carboxylic acids is 2. The second-order valence-electron chi connectivity index (χ2n) is 5.61. The third kappa shape index (κ3) is 6.02. The third-order valence-electron chi connectivity index (χ3n) is 3.85. The van der Waals surface area contributed by atoms with Crippen molar-refractivity contribution in [2.45, 2.75) is 6.42 Å². The Morgan fingerprint density at radius 3 is 2.58 bits per heavy atom. The van der Waals surface area contributed by atoms with Gasteiger partial charge in [-0.1, -0.05) is 0 Å². The van der Waals surface area contributed by atoms with E-state index >= 15 is 0 Å². The van der Waals surface area contributed by atoms with Gasteiger partial charge in [0.2, 0.25) is 5.91 Å². The molecule has 1 aromatic rings. The fraction of sp³-hybridized carbons (Fsp3) is 0.562. The third-order valence-corrected chi connectivity index (χ3v) is 3.85. The molecule has 0 spiro atoms. The molecular weight excluding hydrogens is 310 g/mol. The topological polar surface area (TPSA) is 102 Å². The van der Waals surface area contributed by atoms with Gasteiger partial charge in [0.25, 0.3) is 5.91 Å². The van der Waals surface area contributed by atoms with Crippen molar-refractivity contribution >= 4 is 11.8 Å². The van der Waals surface area contributed by atoms with E-state index in [4.69, 9.17) is 9.68 Å². The number of hydrogen-bond donors (Lipinski definition) is 2. The summed E-state index contributed by atoms with van der Waals surface area (Å²) in [7, 11) is 0. The van der Waals surface area contributed by atoms with E-state index in [2.05, 4.69) is 20.4 Å². The number of furan rings is 1. The molecule has 1 aromatic heterocycles. The number of carbonyl (C=O) groups is 2. The van der Waals surface area contributed by atoms with Gasteiger partial charge in [-0.25, -0.2) is 0 Å². The van der Waals surface area contributed by atoms with Crippen molar-refractivity contribution in [2.75, 3.05) is 52.4 Å². The molecule has 1 fully saturated rings. The molecule has 0 saturated carbocycles. The number of nitrogens with zero attached hydrogens (tertiary/aromatic N) is 3. The highest BCUT2D eigenvalue weighted by molar-refractivity contribution is 5.91. The summed E-state index contributed by atoms with van der Waals surface area (Å²) < 4.78 is 5.04. The Morgan fingerprint density at radius 2 is 1.92 bits per heavy atom. The molecule has 0 bridgehead atoms. The van der Waals surface area contributed by atoms with Crippen molar-refractivity contribution in [3.05, 3.63) is 24.2 Å². The van der Waals surface area contributed by atoms with E-state index < -0.39 is 0 Å². The number of amides is 2. The lowest BCUT2D eigenvalue weighted by Gasteiger charge is -2.34. The second kappa shape index (κ2) is 9.70. The Balaban J connectivity index is 1.57. The molecule has 130 valence electrons. The average molecular weight is 333 g/mol. The number of nitrogens with one attached hydrogen (secondary N) is 2. The summed E-state index contributed by atoms with van der Waals surface area (Å²) >= 11 is 0. The van der Waals surface area contributed by atoms with Crippen LogP contribution in [0.5, 0.6) is 0 Å². The van der Waals surface area contributed by atoms with E-state index in [0.29, 0.717) is 31.8 Å². The summed E-state index contributed by atoms with van der Waals surface area (Å²) in [6.45, 7) is 5.47. The second-order valence-corrected chi connectivity index (χ2v) is 5.61. The minimum atomic E-state index is -0.201. The molecule has 0 unspecified atom stereocenters. The summed E-state index contributed by atoms with van der Waals surface area (Å²) in [6, 6.07) is 5.32. The SMILES string of the molecule is N#CCCNC(=O)CN1CCN(CCNC(=O)c2ccco2)CC1. The Kier molecular flexibility index (Phi) is 7.26. The van der Waals surface area contributed by atoms with Crippen molar-refractivity contribution in [3.63, 3.8) is 0 Å². The van der Waals surface area contributed by atoms with Crippen LogP contribution in [-0.4, -0.2) is 74.0 Å². The first-order valence-corrected chi connectivity index (χ1v) is 8.09. The largest absolute Gasteiger partial charge is 0.459 e. The Bertz CT molecular complexity index is 559. The molecule has 0 aliphatic carbocycles. The monoisotopic (exact) mass is 333 g/mol. The fourth-order valence-corrected chi connectivity index (χ4v) is 2.51. The summed E-state index contributed by atoms with van der Waals surface area (Å²) in [5.41, 5.74) is 0. The van der Waals surface area contributed by atoms with Gasteiger partial charge >= 0.3 is 0 Å². The first-order valence-electron chi connectivity index (χ1n) is 8.09. The van der Waals surface area contributed by atoms with Gasteiger partial charge in [-0.2, -0.15) is 5.26 Å². The van der Waals surface area contributed by atoms with Gasteiger partial charge in [0.15, 0.2) is 5.76 Å². The fourth-order valence-electron chi connectivity index (χ4n) is 2.51. The van der Waals surface area contributed by atoms with Crippen molar-refractivity contribution in [2.24, 2.45) is 0 Å². The summed E-state index contributed by atoms with van der Waals surface area (Å²) in [5, 5.41) is 14.0. The van der Waals surface area contributed by atoms with Crippen LogP contribution in [0.2, 0.25) is 0 Å². The van der Waals surface area contributed by atoms with Crippen LogP contribution in [0.4, 0.5) is 0 Å². The molecule has 8 heteroatoms. The lowest BCUT2D eigenvalue weighted by atomic mass is 10.3. The maximum absolute atomic E-state index is 11.7. The van der Waals surface area contributed by atoms with Gasteiger partial charge in [0.1, 0.15) is 0 Å². The summed E-state index contributed by atoms with van der Waals surface area (Å²) in [4.78, 5) is 27.8. The molecule has 0 radical (unpaired) electrons. The maximum Gasteiger partial charge on any atom is 0.287 e. The zero-order valence-electron chi connectivity index (χ0n) is 13.7. The lowest BCUT2D eigenvalue weighted by Crippen LogP contribution is -2.50. The standard InChI is InChI=1S/C16H23N5O3/c17-4-2-5-18-15(22)13-21-10-8-20(9-11-21)7-6-19-16(23)14-3-1-12-24-14/h1,3,12H,2,5-11,13H2,(H,18,22)(H,19,23). The number of piperazine rings is 1. The zero-order chi connectivity index (χ0) is 17.2. The summed E-state index contributed by atoms with van der Waals surface area (Å²) in [5.74, 6) is 0.0827. The van der Waals surface area contributed by atoms with E-state index in [1.807, 2.05) is 6.07 Å². The van der Waals surface area contributed by atoms with E-state index in [-0.39, 0.29) is 11.8 Å². The van der Waals surface area contributed by atoms with Crippen molar-refractivity contribution in [1.82, 2.24) is 20.4 Å². The van der Waals surface area contributed by atoms with Crippen LogP contribution in [0.3, 0.4) is 0 Å². The molecule has 1 aliphatic heterocycles. The van der Waals surface area contributed by atoms with E-state index in [1.165, 1.54) is 6.26 Å². The van der Waals surface area contributed by atoms with Crippen LogP contribution in [0.1, 0.15) is 17.0 Å². The van der Waals surface area contributed by atoms with Crippen molar-refractivity contribution in [3.8, 4) is 6.07 Å². The first kappa shape index (κ1) is 18.0. The number of nitriles is 1. The maximum atomic E-state index is 11.7. The van der Waals surface area contributed by atoms with Crippen LogP contribution in [0.25, 0.3) is 0 Å². The molecule has 2 heterocycles. The molecule has 1 aliphatic rings. The highest BCUT2D eigenvalue weighted by Crippen LogP contribution is 2.02. The van der Waals surface area contributed by atoms with Crippen LogP contribution in [0, 0.1) is 11.3 Å². The molecule has 1 saturated heterocycles. The molecule has 8 nitrogen and oxygen atoms in total. The molecule has 2 rings (SSSR count). The summed E-state index contributed by atoms with van der Waals surface area (Å²) in [6.07, 6.45) is 1.81. The smallest absolute Gasteiger partial charge is 0.287 e. The van der Waals surface area contributed by atoms with Crippen molar-refractivity contribution < 1.29 is 14.0 Å². The van der Waals surface area contributed by atoms with Gasteiger partial charge in [0.05, 0.1) is 25.3 Å². The minimum absolute atomic E-state index is 0.0376. The predicted molar refractivity (Wildman–Crippen MR) is 87.2 cm³/mol. The average Bonchev–Trinajstić information content (AvgIpc) is 3.11. The quantitative estimate of drug-likeness (QED) is 0.631. The highest BCUT2D eigenvalue weighted by atomic mass is 16.3. The van der Waals surface area contributed by atoms with Gasteiger partial charge in [-0.05, 0) is 12.1 Å². The van der Waals surface area contributed by atoms with Gasteiger partial charge < -0.3 is 15.1 Å². The van der Waals surface area contributed by atoms with Gasteiger partial charge in [-0.3, -0.25) is 19.4 Å². The van der Waals surface area contributed by atoms with Gasteiger partial charge in [-0.15, -0.1) is 0 Å². The molecule has 2 amide bonds. The van der Waals surface area contributed by atoms with Crippen LogP contribution in [0.15, 0.2) is 22.8 Å². The first-order chi connectivity index (χ1) is 11.7. The molecular formula is C16H23N5O3. The van der Waals surface area contributed by atoms with E-state index in [1.54, 1.807) is 12.1 Å².